The zero-order valence-electron chi connectivity index (χ0n) is 19.4. The van der Waals surface area contributed by atoms with Crippen LogP contribution in [0.15, 0.2) is 48.7 Å². The average Bonchev–Trinajstić information content (AvgIpc) is 3.25. The molecule has 0 unspecified atom stereocenters. The number of halogens is 2. The number of pyridine rings is 1. The van der Waals surface area contributed by atoms with Gasteiger partial charge in [0.2, 0.25) is 15.8 Å². The van der Waals surface area contributed by atoms with Crippen LogP contribution in [0.3, 0.4) is 0 Å². The van der Waals surface area contributed by atoms with Gasteiger partial charge in [0, 0.05) is 11.8 Å². The second-order valence-electron chi connectivity index (χ2n) is 8.50. The van der Waals surface area contributed by atoms with Gasteiger partial charge in [-0.15, -0.1) is 0 Å². The Morgan fingerprint density at radius 2 is 1.80 bits per heavy atom. The highest BCUT2D eigenvalue weighted by molar-refractivity contribution is 7.92. The molecule has 0 saturated heterocycles. The maximum atomic E-state index is 15.2. The number of anilines is 1. The smallest absolute Gasteiger partial charge is 0.232 e. The Kier molecular flexibility index (Phi) is 6.66. The minimum atomic E-state index is -3.98. The minimum Gasteiger partial charge on any atom is -0.287 e. The fourth-order valence-electron chi connectivity index (χ4n) is 3.72. The number of benzene rings is 2. The lowest BCUT2D eigenvalue weighted by atomic mass is 9.98. The lowest BCUT2D eigenvalue weighted by Gasteiger charge is -2.11. The van der Waals surface area contributed by atoms with Crippen molar-refractivity contribution >= 4 is 32.5 Å². The van der Waals surface area contributed by atoms with Crippen LogP contribution < -0.4 is 4.72 Å². The molecule has 4 aromatic rings. The predicted octanol–water partition coefficient (Wildman–Crippen LogP) is 5.41. The highest BCUT2D eigenvalue weighted by Gasteiger charge is 2.25. The van der Waals surface area contributed by atoms with E-state index in [2.05, 4.69) is 29.0 Å². The molecule has 2 N–H and O–H groups in total. The lowest BCUT2D eigenvalue weighted by Crippen LogP contribution is -2.19. The van der Waals surface area contributed by atoms with Crippen LogP contribution in [0, 0.1) is 11.6 Å². The number of nitrogens with one attached hydrogen (secondary N) is 2. The van der Waals surface area contributed by atoms with Crippen molar-refractivity contribution in [1.29, 1.82) is 0 Å². The third-order valence-electron chi connectivity index (χ3n) is 5.61. The third kappa shape index (κ3) is 4.93. The highest BCUT2D eigenvalue weighted by Crippen LogP contribution is 2.29. The van der Waals surface area contributed by atoms with Crippen molar-refractivity contribution < 1.29 is 22.0 Å². The van der Waals surface area contributed by atoms with E-state index in [1.807, 2.05) is 29.0 Å². The Hall–Kier alpha value is -3.66. The number of ketones is 1. The zero-order chi connectivity index (χ0) is 25.3. The number of aromatic amines is 1. The summed E-state index contributed by atoms with van der Waals surface area (Å²) in [7, 11) is -3.98. The summed E-state index contributed by atoms with van der Waals surface area (Å²) in [6, 6.07) is 11.5. The number of hydrogen-bond donors (Lipinski definition) is 2. The Bertz CT molecular complexity index is 1510. The molecule has 2 aromatic carbocycles. The van der Waals surface area contributed by atoms with Gasteiger partial charge in [-0.3, -0.25) is 14.6 Å². The number of sulfonamides is 1. The first-order chi connectivity index (χ1) is 16.6. The number of H-pyrrole nitrogens is 1. The summed E-state index contributed by atoms with van der Waals surface area (Å²) >= 11 is 0. The predicted molar refractivity (Wildman–Crippen MR) is 131 cm³/mol. The molecule has 0 atom stereocenters. The van der Waals surface area contributed by atoms with Crippen LogP contribution in [0.2, 0.25) is 0 Å². The number of aromatic nitrogens is 3. The molecule has 0 bridgehead atoms. The fraction of sp³-hybridized carbons (Fsp3) is 0.240. The van der Waals surface area contributed by atoms with Crippen LogP contribution in [0.5, 0.6) is 0 Å². The summed E-state index contributed by atoms with van der Waals surface area (Å²) < 4.78 is 55.5. The number of carbonyl (C=O) groups is 1. The van der Waals surface area contributed by atoms with Gasteiger partial charge < -0.3 is 0 Å². The molecule has 0 aliphatic carbocycles. The van der Waals surface area contributed by atoms with Crippen LogP contribution in [-0.2, 0) is 10.0 Å². The maximum Gasteiger partial charge on any atom is 0.232 e. The van der Waals surface area contributed by atoms with Crippen LogP contribution in [0.4, 0.5) is 14.5 Å². The minimum absolute atomic E-state index is 0.110. The van der Waals surface area contributed by atoms with Crippen molar-refractivity contribution in [3.8, 4) is 11.1 Å². The van der Waals surface area contributed by atoms with Crippen molar-refractivity contribution in [1.82, 2.24) is 15.2 Å². The van der Waals surface area contributed by atoms with Gasteiger partial charge in [-0.1, -0.05) is 45.0 Å². The Morgan fingerprint density at radius 1 is 1.09 bits per heavy atom. The van der Waals surface area contributed by atoms with Crippen LogP contribution in [-0.4, -0.2) is 35.1 Å². The molecule has 2 aromatic heterocycles. The fourth-order valence-corrected chi connectivity index (χ4v) is 4.86. The van der Waals surface area contributed by atoms with Gasteiger partial charge in [-0.2, -0.15) is 5.10 Å². The molecular weight excluding hydrogens is 474 g/mol. The first-order valence-corrected chi connectivity index (χ1v) is 12.7. The van der Waals surface area contributed by atoms with E-state index in [0.717, 1.165) is 23.3 Å². The Morgan fingerprint density at radius 3 is 2.46 bits per heavy atom. The molecule has 35 heavy (non-hydrogen) atoms. The van der Waals surface area contributed by atoms with Crippen molar-refractivity contribution in [2.24, 2.45) is 0 Å². The quantitative estimate of drug-likeness (QED) is 0.316. The van der Waals surface area contributed by atoms with E-state index in [4.69, 9.17) is 0 Å². The molecular formula is C25H24F2N4O3S. The maximum absolute atomic E-state index is 15.2. The first-order valence-electron chi connectivity index (χ1n) is 11.1. The molecule has 0 aliphatic heterocycles. The van der Waals surface area contributed by atoms with Crippen LogP contribution in [0.1, 0.15) is 54.7 Å². The SMILES string of the molecule is CCCS(=O)(=O)Nc1c(F)ccc(C(=O)c2n[nH]c3ncc(-c4ccc(C(C)C)cc4)cc23)c1F. The van der Waals surface area contributed by atoms with Crippen molar-refractivity contribution in [3.63, 3.8) is 0 Å². The van der Waals surface area contributed by atoms with Crippen LogP contribution in [0.25, 0.3) is 22.2 Å². The second kappa shape index (κ2) is 9.53. The standard InChI is InChI=1S/C25H24F2N4O3S/c1-4-11-35(33,34)31-23-20(26)10-9-18(21(23)27)24(32)22-19-12-17(13-28-25(19)30-29-22)16-7-5-15(6-8-16)14(2)3/h5-10,12-14,31H,4,11H2,1-3H3,(H,28,29,30). The van der Waals surface area contributed by atoms with Gasteiger partial charge >= 0.3 is 0 Å². The summed E-state index contributed by atoms with van der Waals surface area (Å²) in [5.41, 5.74) is 1.59. The molecule has 0 fully saturated rings. The van der Waals surface area contributed by atoms with Gasteiger partial charge in [0.05, 0.1) is 16.7 Å². The number of nitrogens with zero attached hydrogens (tertiary/aromatic N) is 2. The van der Waals surface area contributed by atoms with Crippen molar-refractivity contribution in [2.75, 3.05) is 10.5 Å². The van der Waals surface area contributed by atoms with Crippen molar-refractivity contribution in [2.45, 2.75) is 33.1 Å². The molecule has 0 radical (unpaired) electrons. The van der Waals surface area contributed by atoms with E-state index in [-0.39, 0.29) is 17.9 Å². The third-order valence-corrected chi connectivity index (χ3v) is 7.07. The van der Waals surface area contributed by atoms with E-state index in [0.29, 0.717) is 17.0 Å². The lowest BCUT2D eigenvalue weighted by molar-refractivity contribution is 0.103. The summed E-state index contributed by atoms with van der Waals surface area (Å²) in [4.78, 5) is 17.5. The molecule has 2 heterocycles. The number of fused-ring (bicyclic) bond motifs is 1. The molecule has 0 spiro atoms. The topological polar surface area (TPSA) is 105 Å². The molecule has 0 saturated carbocycles. The molecule has 4 rings (SSSR count). The molecule has 0 aliphatic rings. The van der Waals surface area contributed by atoms with Gasteiger partial charge in [0.1, 0.15) is 17.2 Å². The zero-order valence-corrected chi connectivity index (χ0v) is 20.2. The Balaban J connectivity index is 1.74. The van der Waals surface area contributed by atoms with Gasteiger partial charge in [0.25, 0.3) is 0 Å². The highest BCUT2D eigenvalue weighted by atomic mass is 32.2. The van der Waals surface area contributed by atoms with E-state index >= 15 is 4.39 Å². The van der Waals surface area contributed by atoms with Gasteiger partial charge in [-0.25, -0.2) is 22.2 Å². The summed E-state index contributed by atoms with van der Waals surface area (Å²) in [5, 5.41) is 7.02. The summed E-state index contributed by atoms with van der Waals surface area (Å²) in [5.74, 6) is -3.21. The van der Waals surface area contributed by atoms with Crippen molar-refractivity contribution in [3.05, 3.63) is 77.1 Å². The average molecular weight is 499 g/mol. The van der Waals surface area contributed by atoms with E-state index in [9.17, 15) is 17.6 Å². The largest absolute Gasteiger partial charge is 0.287 e. The monoisotopic (exact) mass is 498 g/mol. The van der Waals surface area contributed by atoms with Gasteiger partial charge in [-0.05, 0) is 41.7 Å². The normalized spacial score (nSPS) is 11.8. The first kappa shape index (κ1) is 24.5. The van der Waals surface area contributed by atoms with E-state index < -0.39 is 38.7 Å². The molecule has 7 nitrogen and oxygen atoms in total. The number of rotatable bonds is 8. The molecule has 182 valence electrons. The van der Waals surface area contributed by atoms with Gasteiger partial charge in [0.15, 0.2) is 11.5 Å². The summed E-state index contributed by atoms with van der Waals surface area (Å²) in [6.07, 6.45) is 1.89. The second-order valence-corrected chi connectivity index (χ2v) is 10.3. The molecule has 10 heteroatoms. The molecule has 0 amide bonds. The Labute approximate surface area is 201 Å². The number of carbonyl (C=O) groups excluding carboxylic acids is 1. The summed E-state index contributed by atoms with van der Waals surface area (Å²) in [6.45, 7) is 5.82. The van der Waals surface area contributed by atoms with Crippen LogP contribution >= 0.6 is 0 Å². The number of hydrogen-bond acceptors (Lipinski definition) is 5. The van der Waals surface area contributed by atoms with E-state index in [1.54, 1.807) is 19.2 Å². The van der Waals surface area contributed by atoms with E-state index in [1.165, 1.54) is 5.56 Å².